The van der Waals surface area contributed by atoms with Crippen molar-refractivity contribution in [3.8, 4) is 0 Å². The van der Waals surface area contributed by atoms with Crippen LogP contribution in [0.4, 0.5) is 4.79 Å². The Morgan fingerprint density at radius 2 is 1.92 bits per heavy atom. The van der Waals surface area contributed by atoms with Gasteiger partial charge in [-0.3, -0.25) is 0 Å². The van der Waals surface area contributed by atoms with E-state index in [4.69, 9.17) is 4.74 Å². The zero-order valence-corrected chi connectivity index (χ0v) is 16.2. The highest BCUT2D eigenvalue weighted by Crippen LogP contribution is 2.30. The van der Waals surface area contributed by atoms with Gasteiger partial charge in [-0.25, -0.2) is 4.79 Å². The zero-order chi connectivity index (χ0) is 17.8. The lowest BCUT2D eigenvalue weighted by atomic mass is 9.77. The summed E-state index contributed by atoms with van der Waals surface area (Å²) in [5, 5.41) is 10.4. The molecule has 3 N–H and O–H groups in total. The molecule has 3 unspecified atom stereocenters. The maximum Gasteiger partial charge on any atom is 0.407 e. The van der Waals surface area contributed by atoms with E-state index in [1.165, 1.54) is 32.1 Å². The Morgan fingerprint density at radius 3 is 2.58 bits per heavy atom. The molecule has 0 aromatic heterocycles. The van der Waals surface area contributed by atoms with E-state index in [1.54, 1.807) is 0 Å². The smallest absolute Gasteiger partial charge is 0.407 e. The molecule has 0 bridgehead atoms. The first-order valence-electron chi connectivity index (χ1n) is 9.61. The summed E-state index contributed by atoms with van der Waals surface area (Å²) in [7, 11) is 0. The summed E-state index contributed by atoms with van der Waals surface area (Å²) in [5.74, 6) is 0.497. The van der Waals surface area contributed by atoms with Gasteiger partial charge in [-0.05, 0) is 57.9 Å². The number of rotatable bonds is 4. The first-order chi connectivity index (χ1) is 11.2. The number of alkyl carbamates (subject to hydrolysis) is 1. The molecule has 2 fully saturated rings. The predicted octanol–water partition coefficient (Wildman–Crippen LogP) is 3.05. The SMILES string of the molecule is CC(C)(C)OC(=O)NCC1CCCCC1NC1CCNCC1(C)C. The second kappa shape index (κ2) is 8.05. The monoisotopic (exact) mass is 339 g/mol. The Morgan fingerprint density at radius 1 is 1.21 bits per heavy atom. The van der Waals surface area contributed by atoms with Gasteiger partial charge in [0.25, 0.3) is 0 Å². The van der Waals surface area contributed by atoms with Gasteiger partial charge in [-0.1, -0.05) is 26.7 Å². The van der Waals surface area contributed by atoms with Crippen LogP contribution in [0.1, 0.15) is 66.7 Å². The Kier molecular flexibility index (Phi) is 6.54. The summed E-state index contributed by atoms with van der Waals surface area (Å²) in [6.07, 6.45) is 5.81. The van der Waals surface area contributed by atoms with Crippen molar-refractivity contribution in [3.63, 3.8) is 0 Å². The number of hydrogen-bond acceptors (Lipinski definition) is 4. The van der Waals surface area contributed by atoms with Crippen LogP contribution in [0.3, 0.4) is 0 Å². The Balaban J connectivity index is 1.87. The summed E-state index contributed by atoms with van der Waals surface area (Å²) < 4.78 is 5.37. The summed E-state index contributed by atoms with van der Waals surface area (Å²) >= 11 is 0. The van der Waals surface area contributed by atoms with Gasteiger partial charge in [0.2, 0.25) is 0 Å². The van der Waals surface area contributed by atoms with Gasteiger partial charge in [0.15, 0.2) is 0 Å². The standard InChI is InChI=1S/C19H37N3O2/c1-18(2,3)24-17(23)21-12-14-8-6-7-9-15(14)22-16-10-11-20-13-19(16,4)5/h14-16,20,22H,6-13H2,1-5H3,(H,21,23). The van der Waals surface area contributed by atoms with E-state index in [1.807, 2.05) is 20.8 Å². The number of hydrogen-bond donors (Lipinski definition) is 3. The van der Waals surface area contributed by atoms with Crippen LogP contribution in [0.25, 0.3) is 0 Å². The van der Waals surface area contributed by atoms with Crippen LogP contribution in [0.5, 0.6) is 0 Å². The van der Waals surface area contributed by atoms with Crippen LogP contribution in [-0.4, -0.2) is 43.4 Å². The minimum absolute atomic E-state index is 0.277. The molecule has 1 amide bonds. The lowest BCUT2D eigenvalue weighted by Crippen LogP contribution is -2.58. The maximum absolute atomic E-state index is 11.9. The highest BCUT2D eigenvalue weighted by atomic mass is 16.6. The molecule has 24 heavy (non-hydrogen) atoms. The lowest BCUT2D eigenvalue weighted by molar-refractivity contribution is 0.0505. The summed E-state index contributed by atoms with van der Waals surface area (Å²) in [6, 6.07) is 1.04. The van der Waals surface area contributed by atoms with E-state index in [0.717, 1.165) is 13.1 Å². The second-order valence-corrected chi connectivity index (χ2v) is 9.21. The molecule has 2 aliphatic rings. The van der Waals surface area contributed by atoms with Crippen LogP contribution in [0.2, 0.25) is 0 Å². The quantitative estimate of drug-likeness (QED) is 0.737. The molecule has 1 saturated carbocycles. The van der Waals surface area contributed by atoms with Crippen LogP contribution in [-0.2, 0) is 4.74 Å². The fourth-order valence-electron chi connectivity index (χ4n) is 3.94. The summed E-state index contributed by atoms with van der Waals surface area (Å²) in [6.45, 7) is 13.2. The molecule has 5 heteroatoms. The van der Waals surface area contributed by atoms with E-state index >= 15 is 0 Å². The van der Waals surface area contributed by atoms with Crippen molar-refractivity contribution in [1.29, 1.82) is 0 Å². The van der Waals surface area contributed by atoms with Crippen molar-refractivity contribution < 1.29 is 9.53 Å². The molecule has 0 spiro atoms. The van der Waals surface area contributed by atoms with E-state index in [-0.39, 0.29) is 11.5 Å². The number of ether oxygens (including phenoxy) is 1. The molecule has 1 aliphatic carbocycles. The fourth-order valence-corrected chi connectivity index (χ4v) is 3.94. The molecule has 5 nitrogen and oxygen atoms in total. The highest BCUT2D eigenvalue weighted by Gasteiger charge is 2.36. The molecule has 3 atom stereocenters. The van der Waals surface area contributed by atoms with Gasteiger partial charge < -0.3 is 20.7 Å². The van der Waals surface area contributed by atoms with Gasteiger partial charge in [0.1, 0.15) is 5.60 Å². The topological polar surface area (TPSA) is 62.4 Å². The number of amides is 1. The first kappa shape index (κ1) is 19.5. The van der Waals surface area contributed by atoms with Crippen LogP contribution in [0.15, 0.2) is 0 Å². The summed E-state index contributed by atoms with van der Waals surface area (Å²) in [4.78, 5) is 11.9. The average Bonchev–Trinajstić information content (AvgIpc) is 2.46. The number of carbonyl (C=O) groups is 1. The van der Waals surface area contributed by atoms with Crippen molar-refractivity contribution in [3.05, 3.63) is 0 Å². The number of piperidine rings is 1. The molecule has 140 valence electrons. The predicted molar refractivity (Wildman–Crippen MR) is 98.2 cm³/mol. The Labute approximate surface area is 147 Å². The molecule has 2 rings (SSSR count). The van der Waals surface area contributed by atoms with E-state index in [2.05, 4.69) is 29.8 Å². The molecule has 1 saturated heterocycles. The Bertz CT molecular complexity index is 417. The third kappa shape index (κ3) is 5.92. The highest BCUT2D eigenvalue weighted by molar-refractivity contribution is 5.67. The van der Waals surface area contributed by atoms with Crippen LogP contribution >= 0.6 is 0 Å². The third-order valence-electron chi connectivity index (χ3n) is 5.37. The normalized spacial score (nSPS) is 30.6. The van der Waals surface area contributed by atoms with Gasteiger partial charge in [0, 0.05) is 25.2 Å². The van der Waals surface area contributed by atoms with E-state index in [0.29, 0.717) is 24.5 Å². The number of carbonyl (C=O) groups excluding carboxylic acids is 1. The van der Waals surface area contributed by atoms with Crippen molar-refractivity contribution in [2.75, 3.05) is 19.6 Å². The van der Waals surface area contributed by atoms with Crippen molar-refractivity contribution >= 4 is 6.09 Å². The zero-order valence-electron chi connectivity index (χ0n) is 16.2. The Hall–Kier alpha value is -0.810. The average molecular weight is 340 g/mol. The summed E-state index contributed by atoms with van der Waals surface area (Å²) in [5.41, 5.74) is -0.160. The van der Waals surface area contributed by atoms with E-state index < -0.39 is 5.60 Å². The van der Waals surface area contributed by atoms with Crippen molar-refractivity contribution in [1.82, 2.24) is 16.0 Å². The largest absolute Gasteiger partial charge is 0.444 e. The third-order valence-corrected chi connectivity index (χ3v) is 5.37. The maximum atomic E-state index is 11.9. The molecule has 0 radical (unpaired) electrons. The lowest BCUT2D eigenvalue weighted by Gasteiger charge is -2.44. The first-order valence-corrected chi connectivity index (χ1v) is 9.61. The molecular weight excluding hydrogens is 302 g/mol. The minimum atomic E-state index is -0.437. The molecule has 0 aromatic carbocycles. The van der Waals surface area contributed by atoms with Gasteiger partial charge >= 0.3 is 6.09 Å². The van der Waals surface area contributed by atoms with Crippen molar-refractivity contribution in [2.45, 2.75) is 84.4 Å². The number of nitrogens with one attached hydrogen (secondary N) is 3. The van der Waals surface area contributed by atoms with Crippen molar-refractivity contribution in [2.24, 2.45) is 11.3 Å². The van der Waals surface area contributed by atoms with Gasteiger partial charge in [-0.15, -0.1) is 0 Å². The minimum Gasteiger partial charge on any atom is -0.444 e. The van der Waals surface area contributed by atoms with Gasteiger partial charge in [-0.2, -0.15) is 0 Å². The van der Waals surface area contributed by atoms with Crippen LogP contribution < -0.4 is 16.0 Å². The van der Waals surface area contributed by atoms with Gasteiger partial charge in [0.05, 0.1) is 0 Å². The molecule has 1 aliphatic heterocycles. The second-order valence-electron chi connectivity index (χ2n) is 9.21. The van der Waals surface area contributed by atoms with Crippen LogP contribution in [0, 0.1) is 11.3 Å². The molecular formula is C19H37N3O2. The molecule has 0 aromatic rings. The van der Waals surface area contributed by atoms with E-state index in [9.17, 15) is 4.79 Å². The fraction of sp³-hybridized carbons (Fsp3) is 0.947. The molecule has 1 heterocycles.